The van der Waals surface area contributed by atoms with Crippen molar-refractivity contribution in [2.45, 2.75) is 39.7 Å². The predicted molar refractivity (Wildman–Crippen MR) is 85.6 cm³/mol. The molecule has 0 saturated carbocycles. The van der Waals surface area contributed by atoms with Crippen molar-refractivity contribution in [1.82, 2.24) is 9.38 Å². The van der Waals surface area contributed by atoms with Gasteiger partial charge in [0.15, 0.2) is 10.8 Å². The van der Waals surface area contributed by atoms with Gasteiger partial charge in [-0.2, -0.15) is 0 Å². The first kappa shape index (κ1) is 13.9. The molecule has 1 aliphatic rings. The Hall–Kier alpha value is -1.07. The van der Waals surface area contributed by atoms with Crippen molar-refractivity contribution in [1.29, 1.82) is 0 Å². The van der Waals surface area contributed by atoms with Crippen LogP contribution >= 0.6 is 11.3 Å². The highest BCUT2D eigenvalue weighted by Gasteiger charge is 2.30. The maximum Gasteiger partial charge on any atom is 0.195 e. The number of nitrogens with zero attached hydrogens (tertiary/aromatic N) is 3. The minimum atomic E-state index is 0.214. The number of nitrogens with two attached hydrogens (primary N) is 1. The molecular formula is C15H24N4S. The normalized spacial score (nSPS) is 24.7. The summed E-state index contributed by atoms with van der Waals surface area (Å²) < 4.78 is 2.23. The lowest BCUT2D eigenvalue weighted by Gasteiger charge is -2.18. The van der Waals surface area contributed by atoms with Crippen LogP contribution in [0.4, 0.5) is 5.82 Å². The molecule has 3 atom stereocenters. The highest BCUT2D eigenvalue weighted by atomic mass is 32.1. The number of rotatable bonds is 4. The minimum absolute atomic E-state index is 0.214. The van der Waals surface area contributed by atoms with E-state index in [0.717, 1.165) is 48.5 Å². The third-order valence-electron chi connectivity index (χ3n) is 4.61. The Bertz CT molecular complexity index is 578. The molecule has 4 nitrogen and oxygen atoms in total. The van der Waals surface area contributed by atoms with Gasteiger partial charge in [-0.1, -0.05) is 20.8 Å². The predicted octanol–water partition coefficient (Wildman–Crippen LogP) is 2.77. The summed E-state index contributed by atoms with van der Waals surface area (Å²) in [6, 6.07) is 0.214. The molecule has 5 heteroatoms. The first-order chi connectivity index (χ1) is 9.60. The van der Waals surface area contributed by atoms with Gasteiger partial charge in [0.25, 0.3) is 0 Å². The van der Waals surface area contributed by atoms with Crippen LogP contribution < -0.4 is 10.6 Å². The van der Waals surface area contributed by atoms with E-state index in [1.807, 2.05) is 0 Å². The van der Waals surface area contributed by atoms with E-state index in [1.165, 1.54) is 5.69 Å². The molecule has 0 radical (unpaired) electrons. The minimum Gasteiger partial charge on any atom is -0.355 e. The third kappa shape index (κ3) is 2.33. The average molecular weight is 292 g/mol. The van der Waals surface area contributed by atoms with Crippen LogP contribution in [0.25, 0.3) is 4.96 Å². The van der Waals surface area contributed by atoms with Crippen molar-refractivity contribution < 1.29 is 0 Å². The molecular weight excluding hydrogens is 268 g/mol. The molecule has 3 heterocycles. The summed E-state index contributed by atoms with van der Waals surface area (Å²) >= 11 is 1.70. The maximum absolute atomic E-state index is 6.19. The first-order valence-electron chi connectivity index (χ1n) is 7.55. The fourth-order valence-electron chi connectivity index (χ4n) is 2.96. The van der Waals surface area contributed by atoms with E-state index in [1.54, 1.807) is 11.3 Å². The van der Waals surface area contributed by atoms with Crippen molar-refractivity contribution in [3.05, 3.63) is 17.3 Å². The second-order valence-corrected chi connectivity index (χ2v) is 7.04. The second kappa shape index (κ2) is 5.37. The van der Waals surface area contributed by atoms with E-state index in [0.29, 0.717) is 0 Å². The standard InChI is InChI=1S/C15H24N4S/c1-4-12(16)7-13-14(17-15-19(13)5-6-20-15)18-8-10(2)11(3)9-18/h5-6,10-12H,4,7-9,16H2,1-3H3. The smallest absolute Gasteiger partial charge is 0.195 e. The Morgan fingerprint density at radius 2 is 2.10 bits per heavy atom. The Morgan fingerprint density at radius 3 is 2.75 bits per heavy atom. The summed E-state index contributed by atoms with van der Waals surface area (Å²) in [6.45, 7) is 9.04. The molecule has 0 aliphatic carbocycles. The molecule has 3 unspecified atom stereocenters. The number of imidazole rings is 1. The van der Waals surface area contributed by atoms with E-state index >= 15 is 0 Å². The number of thiazole rings is 1. The fourth-order valence-corrected chi connectivity index (χ4v) is 3.69. The van der Waals surface area contributed by atoms with Crippen LogP contribution in [-0.2, 0) is 6.42 Å². The van der Waals surface area contributed by atoms with Crippen LogP contribution in [0.15, 0.2) is 11.6 Å². The zero-order chi connectivity index (χ0) is 14.3. The van der Waals surface area contributed by atoms with Crippen LogP contribution in [0.1, 0.15) is 32.9 Å². The molecule has 0 amide bonds. The van der Waals surface area contributed by atoms with Gasteiger partial charge in [-0.15, -0.1) is 11.3 Å². The monoisotopic (exact) mass is 292 g/mol. The lowest BCUT2D eigenvalue weighted by molar-refractivity contribution is 0.494. The number of aromatic nitrogens is 2. The van der Waals surface area contributed by atoms with E-state index in [2.05, 4.69) is 41.6 Å². The lowest BCUT2D eigenvalue weighted by Crippen LogP contribution is -2.26. The van der Waals surface area contributed by atoms with Crippen LogP contribution in [0.3, 0.4) is 0 Å². The van der Waals surface area contributed by atoms with E-state index in [4.69, 9.17) is 10.7 Å². The van der Waals surface area contributed by atoms with Crippen LogP contribution in [-0.4, -0.2) is 28.5 Å². The Morgan fingerprint density at radius 1 is 1.40 bits per heavy atom. The van der Waals surface area contributed by atoms with Gasteiger partial charge in [-0.25, -0.2) is 4.98 Å². The molecule has 0 aromatic carbocycles. The van der Waals surface area contributed by atoms with Crippen molar-refractivity contribution in [3.63, 3.8) is 0 Å². The average Bonchev–Trinajstić information content (AvgIpc) is 3.07. The van der Waals surface area contributed by atoms with Gasteiger partial charge >= 0.3 is 0 Å². The number of hydrogen-bond donors (Lipinski definition) is 1. The summed E-state index contributed by atoms with van der Waals surface area (Å²) in [5.41, 5.74) is 7.48. The summed E-state index contributed by atoms with van der Waals surface area (Å²) in [6.07, 6.45) is 4.03. The number of fused-ring (bicyclic) bond motifs is 1. The van der Waals surface area contributed by atoms with Gasteiger partial charge in [0.05, 0.1) is 5.69 Å². The van der Waals surface area contributed by atoms with E-state index < -0.39 is 0 Å². The fraction of sp³-hybridized carbons (Fsp3) is 0.667. The second-order valence-electron chi connectivity index (χ2n) is 6.17. The van der Waals surface area contributed by atoms with Crippen molar-refractivity contribution in [2.24, 2.45) is 17.6 Å². The van der Waals surface area contributed by atoms with Gasteiger partial charge in [-0.05, 0) is 18.3 Å². The molecule has 0 bridgehead atoms. The topological polar surface area (TPSA) is 46.6 Å². The van der Waals surface area contributed by atoms with Gasteiger partial charge in [0, 0.05) is 37.1 Å². The quantitative estimate of drug-likeness (QED) is 0.942. The van der Waals surface area contributed by atoms with E-state index in [-0.39, 0.29) is 6.04 Å². The lowest BCUT2D eigenvalue weighted by atomic mass is 10.0. The van der Waals surface area contributed by atoms with Crippen molar-refractivity contribution in [2.75, 3.05) is 18.0 Å². The summed E-state index contributed by atoms with van der Waals surface area (Å²) in [5.74, 6) is 2.64. The van der Waals surface area contributed by atoms with Crippen LogP contribution in [0.5, 0.6) is 0 Å². The highest BCUT2D eigenvalue weighted by molar-refractivity contribution is 7.15. The Labute approximate surface area is 124 Å². The van der Waals surface area contributed by atoms with Gasteiger partial charge in [0.2, 0.25) is 0 Å². The summed E-state index contributed by atoms with van der Waals surface area (Å²) in [5, 5.41) is 2.10. The van der Waals surface area contributed by atoms with Gasteiger partial charge < -0.3 is 10.6 Å². The molecule has 3 rings (SSSR count). The number of hydrogen-bond acceptors (Lipinski definition) is 4. The van der Waals surface area contributed by atoms with E-state index in [9.17, 15) is 0 Å². The summed E-state index contributed by atoms with van der Waals surface area (Å²) in [7, 11) is 0. The molecule has 2 aromatic rings. The van der Waals surface area contributed by atoms with Gasteiger partial charge in [0.1, 0.15) is 0 Å². The van der Waals surface area contributed by atoms with Gasteiger partial charge in [-0.3, -0.25) is 4.40 Å². The molecule has 20 heavy (non-hydrogen) atoms. The SMILES string of the molecule is CCC(N)Cc1c(N2CC(C)C(C)C2)nc2sccn12. The molecule has 110 valence electrons. The zero-order valence-electron chi connectivity index (χ0n) is 12.5. The molecule has 2 N–H and O–H groups in total. The van der Waals surface area contributed by atoms with Crippen LogP contribution in [0, 0.1) is 11.8 Å². The first-order valence-corrected chi connectivity index (χ1v) is 8.43. The van der Waals surface area contributed by atoms with Crippen LogP contribution in [0.2, 0.25) is 0 Å². The third-order valence-corrected chi connectivity index (χ3v) is 5.36. The Kier molecular flexibility index (Phi) is 3.73. The van der Waals surface area contributed by atoms with Crippen molar-refractivity contribution in [3.8, 4) is 0 Å². The number of anilines is 1. The zero-order valence-corrected chi connectivity index (χ0v) is 13.4. The molecule has 1 saturated heterocycles. The molecule has 0 spiro atoms. The highest BCUT2D eigenvalue weighted by Crippen LogP contribution is 2.32. The Balaban J connectivity index is 1.97. The molecule has 1 aliphatic heterocycles. The van der Waals surface area contributed by atoms with Crippen molar-refractivity contribution >= 4 is 22.1 Å². The largest absolute Gasteiger partial charge is 0.355 e. The molecule has 1 fully saturated rings. The summed E-state index contributed by atoms with van der Waals surface area (Å²) in [4.78, 5) is 8.40. The molecule has 2 aromatic heterocycles. The maximum atomic E-state index is 6.19.